The van der Waals surface area contributed by atoms with Gasteiger partial charge in [0.25, 0.3) is 0 Å². The number of benzene rings is 1. The fourth-order valence-corrected chi connectivity index (χ4v) is 4.12. The molecule has 3 N–H and O–H groups in total. The predicted octanol–water partition coefficient (Wildman–Crippen LogP) is 4.02. The van der Waals surface area contributed by atoms with Gasteiger partial charge in [0.1, 0.15) is 0 Å². The molecular weight excluding hydrogens is 431 g/mol. The molecule has 0 radical (unpaired) electrons. The average molecular weight is 456 g/mol. The van der Waals surface area contributed by atoms with Gasteiger partial charge in [0, 0.05) is 41.5 Å². The Morgan fingerprint density at radius 1 is 1.10 bits per heavy atom. The lowest BCUT2D eigenvalue weighted by molar-refractivity contribution is 0.354. The van der Waals surface area contributed by atoms with E-state index in [9.17, 15) is 0 Å². The molecule has 3 heterocycles. The van der Waals surface area contributed by atoms with Gasteiger partial charge in [-0.15, -0.1) is 24.8 Å². The van der Waals surface area contributed by atoms with E-state index in [0.717, 1.165) is 60.9 Å². The minimum absolute atomic E-state index is 0. The highest BCUT2D eigenvalue weighted by atomic mass is 35.5. The number of imidazole rings is 1. The smallest absolute Gasteiger partial charge is 0.222 e. The molecule has 1 aromatic carbocycles. The Balaban J connectivity index is 0.00000150. The third kappa shape index (κ3) is 5.20. The van der Waals surface area contributed by atoms with Crippen LogP contribution in [-0.2, 0) is 11.8 Å². The first-order valence-electron chi connectivity index (χ1n) is 9.28. The summed E-state index contributed by atoms with van der Waals surface area (Å²) in [7, 11) is 0. The molecule has 6 nitrogen and oxygen atoms in total. The second kappa shape index (κ2) is 10.8. The van der Waals surface area contributed by atoms with Gasteiger partial charge in [-0.05, 0) is 43.6 Å². The van der Waals surface area contributed by atoms with Gasteiger partial charge in [0.2, 0.25) is 5.95 Å². The van der Waals surface area contributed by atoms with Gasteiger partial charge < -0.3 is 15.6 Å². The van der Waals surface area contributed by atoms with Crippen molar-refractivity contribution in [1.82, 2.24) is 25.3 Å². The van der Waals surface area contributed by atoms with Crippen molar-refractivity contribution in [1.29, 1.82) is 0 Å². The van der Waals surface area contributed by atoms with Crippen molar-refractivity contribution in [2.45, 2.75) is 24.7 Å². The summed E-state index contributed by atoms with van der Waals surface area (Å²) in [5, 5.41) is 7.58. The minimum Gasteiger partial charge on any atom is -0.354 e. The van der Waals surface area contributed by atoms with Gasteiger partial charge in [0.05, 0.1) is 12.0 Å². The van der Waals surface area contributed by atoms with Gasteiger partial charge in [-0.2, -0.15) is 0 Å². The standard InChI is InChI=1S/C20H23ClN6.2ClH/c21-17-4-2-1-3-16(17)20(7-11-22-12-8-20)18-6-10-25-19(27-18)24-9-5-15-13-23-14-26-15;;/h1-4,6,10,13-14,22H,5,7-9,11-12H2,(H,23,26)(H,24,25,27);2*1H. The first kappa shape index (κ1) is 23.4. The van der Waals surface area contributed by atoms with Crippen molar-refractivity contribution in [3.8, 4) is 0 Å². The number of nitrogens with one attached hydrogen (secondary N) is 3. The zero-order valence-electron chi connectivity index (χ0n) is 15.9. The highest BCUT2D eigenvalue weighted by Gasteiger charge is 2.38. The second-order valence-electron chi connectivity index (χ2n) is 6.83. The number of piperidine rings is 1. The van der Waals surface area contributed by atoms with Gasteiger partial charge >= 0.3 is 0 Å². The van der Waals surface area contributed by atoms with E-state index in [4.69, 9.17) is 16.6 Å². The first-order chi connectivity index (χ1) is 13.3. The number of nitrogens with zero attached hydrogens (tertiary/aromatic N) is 3. The van der Waals surface area contributed by atoms with E-state index in [0.29, 0.717) is 5.95 Å². The van der Waals surface area contributed by atoms with Gasteiger partial charge in [0.15, 0.2) is 0 Å². The molecule has 0 atom stereocenters. The minimum atomic E-state index is -0.188. The molecule has 0 bridgehead atoms. The monoisotopic (exact) mass is 454 g/mol. The summed E-state index contributed by atoms with van der Waals surface area (Å²) in [6.45, 7) is 2.63. The molecule has 0 spiro atoms. The Kier molecular flexibility index (Phi) is 8.71. The summed E-state index contributed by atoms with van der Waals surface area (Å²) in [5.74, 6) is 0.650. The van der Waals surface area contributed by atoms with Crippen LogP contribution in [-0.4, -0.2) is 39.6 Å². The van der Waals surface area contributed by atoms with Crippen LogP contribution in [0.2, 0.25) is 5.02 Å². The molecular formula is C20H25Cl3N6. The molecule has 1 aliphatic heterocycles. The van der Waals surface area contributed by atoms with Crippen molar-refractivity contribution < 1.29 is 0 Å². The van der Waals surface area contributed by atoms with Crippen LogP contribution in [0.15, 0.2) is 49.1 Å². The third-order valence-electron chi connectivity index (χ3n) is 5.22. The quantitative estimate of drug-likeness (QED) is 0.523. The first-order valence-corrected chi connectivity index (χ1v) is 9.66. The number of aromatic amines is 1. The predicted molar refractivity (Wildman–Crippen MR) is 122 cm³/mol. The summed E-state index contributed by atoms with van der Waals surface area (Å²) < 4.78 is 0. The topological polar surface area (TPSA) is 78.5 Å². The maximum Gasteiger partial charge on any atom is 0.222 e. The zero-order valence-corrected chi connectivity index (χ0v) is 18.3. The molecule has 1 fully saturated rings. The normalized spacial score (nSPS) is 15.1. The molecule has 2 aromatic heterocycles. The van der Waals surface area contributed by atoms with E-state index in [1.165, 1.54) is 0 Å². The van der Waals surface area contributed by atoms with Crippen LogP contribution in [0.5, 0.6) is 0 Å². The van der Waals surface area contributed by atoms with E-state index in [2.05, 4.69) is 37.7 Å². The van der Waals surface area contributed by atoms with Crippen LogP contribution in [0.4, 0.5) is 5.95 Å². The number of rotatable bonds is 6. The van der Waals surface area contributed by atoms with E-state index in [-0.39, 0.29) is 30.2 Å². The van der Waals surface area contributed by atoms with Crippen molar-refractivity contribution in [3.05, 3.63) is 71.0 Å². The number of H-pyrrole nitrogens is 1. The Bertz CT molecular complexity index is 881. The number of anilines is 1. The van der Waals surface area contributed by atoms with E-state index in [1.807, 2.05) is 30.6 Å². The number of halogens is 3. The van der Waals surface area contributed by atoms with Gasteiger partial charge in [-0.3, -0.25) is 0 Å². The van der Waals surface area contributed by atoms with Crippen LogP contribution in [0.25, 0.3) is 0 Å². The third-order valence-corrected chi connectivity index (χ3v) is 5.55. The Morgan fingerprint density at radius 3 is 2.62 bits per heavy atom. The van der Waals surface area contributed by atoms with E-state index >= 15 is 0 Å². The highest BCUT2D eigenvalue weighted by Crippen LogP contribution is 2.42. The molecule has 0 saturated carbocycles. The molecule has 4 rings (SSSR count). The number of aromatic nitrogens is 4. The molecule has 0 unspecified atom stereocenters. The fourth-order valence-electron chi connectivity index (χ4n) is 3.81. The molecule has 3 aromatic rings. The van der Waals surface area contributed by atoms with E-state index in [1.54, 1.807) is 6.33 Å². The maximum atomic E-state index is 6.59. The fraction of sp³-hybridized carbons (Fsp3) is 0.350. The highest BCUT2D eigenvalue weighted by molar-refractivity contribution is 6.31. The average Bonchev–Trinajstić information content (AvgIpc) is 3.23. The number of hydrogen-bond acceptors (Lipinski definition) is 5. The van der Waals surface area contributed by atoms with Gasteiger partial charge in [-0.1, -0.05) is 29.8 Å². The van der Waals surface area contributed by atoms with Crippen molar-refractivity contribution in [2.24, 2.45) is 0 Å². The summed E-state index contributed by atoms with van der Waals surface area (Å²) in [4.78, 5) is 16.4. The summed E-state index contributed by atoms with van der Waals surface area (Å²) in [6.07, 6.45) is 8.12. The number of hydrogen-bond donors (Lipinski definition) is 3. The SMILES string of the molecule is Cl.Cl.Clc1ccccc1C1(c2ccnc(NCCc3cnc[nH]3)n2)CCNCC1. The van der Waals surface area contributed by atoms with Crippen molar-refractivity contribution in [2.75, 3.05) is 25.0 Å². The lowest BCUT2D eigenvalue weighted by atomic mass is 9.70. The zero-order chi connectivity index (χ0) is 18.5. The molecule has 0 aliphatic carbocycles. The molecule has 1 aliphatic rings. The molecule has 1 saturated heterocycles. The van der Waals surface area contributed by atoms with Crippen LogP contribution in [0.1, 0.15) is 29.8 Å². The molecule has 0 amide bonds. The van der Waals surface area contributed by atoms with Crippen LogP contribution >= 0.6 is 36.4 Å². The summed E-state index contributed by atoms with van der Waals surface area (Å²) >= 11 is 6.59. The Morgan fingerprint density at radius 2 is 1.90 bits per heavy atom. The van der Waals surface area contributed by atoms with E-state index < -0.39 is 0 Å². The van der Waals surface area contributed by atoms with Crippen molar-refractivity contribution >= 4 is 42.4 Å². The Labute approximate surface area is 188 Å². The summed E-state index contributed by atoms with van der Waals surface area (Å²) in [6, 6.07) is 10.1. The molecule has 9 heteroatoms. The lowest BCUT2D eigenvalue weighted by Gasteiger charge is -2.38. The van der Waals surface area contributed by atoms with Crippen LogP contribution < -0.4 is 10.6 Å². The van der Waals surface area contributed by atoms with Crippen molar-refractivity contribution in [3.63, 3.8) is 0 Å². The van der Waals surface area contributed by atoms with Gasteiger partial charge in [-0.25, -0.2) is 15.0 Å². The Hall–Kier alpha value is -1.86. The second-order valence-corrected chi connectivity index (χ2v) is 7.24. The largest absolute Gasteiger partial charge is 0.354 e. The molecule has 29 heavy (non-hydrogen) atoms. The summed E-state index contributed by atoms with van der Waals surface area (Å²) in [5.41, 5.74) is 3.07. The maximum absolute atomic E-state index is 6.59. The molecule has 156 valence electrons. The lowest BCUT2D eigenvalue weighted by Crippen LogP contribution is -2.41. The van der Waals surface area contributed by atoms with Crippen LogP contribution in [0, 0.1) is 0 Å². The van der Waals surface area contributed by atoms with Crippen LogP contribution in [0.3, 0.4) is 0 Å².